The van der Waals surface area contributed by atoms with Gasteiger partial charge in [-0.15, -0.1) is 0 Å². The Bertz CT molecular complexity index is 455. The predicted molar refractivity (Wildman–Crippen MR) is 68.0 cm³/mol. The van der Waals surface area contributed by atoms with Gasteiger partial charge in [-0.3, -0.25) is 4.98 Å². The van der Waals surface area contributed by atoms with Gasteiger partial charge in [0.1, 0.15) is 6.07 Å². The molecule has 4 nitrogen and oxygen atoms in total. The summed E-state index contributed by atoms with van der Waals surface area (Å²) in [7, 11) is 1.87. The van der Waals surface area contributed by atoms with Crippen molar-refractivity contribution in [3.05, 3.63) is 23.0 Å². The van der Waals surface area contributed by atoms with Gasteiger partial charge in [0, 0.05) is 19.3 Å². The first-order chi connectivity index (χ1) is 7.74. The summed E-state index contributed by atoms with van der Waals surface area (Å²) in [6, 6.07) is 4.04. The Morgan fingerprint density at radius 2 is 2.06 bits per heavy atom. The van der Waals surface area contributed by atoms with Crippen molar-refractivity contribution in [2.24, 2.45) is 0 Å². The molecule has 0 aliphatic carbocycles. The lowest BCUT2D eigenvalue weighted by molar-refractivity contribution is 0.0886. The summed E-state index contributed by atoms with van der Waals surface area (Å²) in [5.41, 5.74) is 2.19. The predicted octanol–water partition coefficient (Wildman–Crippen LogP) is 1.78. The van der Waals surface area contributed by atoms with Gasteiger partial charge in [-0.05, 0) is 33.8 Å². The first-order valence-corrected chi connectivity index (χ1v) is 5.56. The normalized spacial score (nSPS) is 11.1. The maximum Gasteiger partial charge on any atom is 0.103 e. The molecule has 0 spiro atoms. The highest BCUT2D eigenvalue weighted by Crippen LogP contribution is 2.23. The third kappa shape index (κ3) is 3.43. The topological polar surface area (TPSA) is 60.1 Å². The lowest BCUT2D eigenvalue weighted by Gasteiger charge is -2.28. The van der Waals surface area contributed by atoms with Crippen LogP contribution in [0, 0.1) is 25.2 Å². The molecular formula is C13H19N3O. The molecule has 0 aliphatic rings. The summed E-state index contributed by atoms with van der Waals surface area (Å²) in [6.07, 6.45) is 0. The highest BCUT2D eigenvalue weighted by molar-refractivity contribution is 5.61. The van der Waals surface area contributed by atoms with Gasteiger partial charge in [0.25, 0.3) is 0 Å². The van der Waals surface area contributed by atoms with Crippen LogP contribution in [0.15, 0.2) is 6.07 Å². The fraction of sp³-hybridized carbons (Fsp3) is 0.538. The molecule has 0 saturated heterocycles. The molecule has 1 rings (SSSR count). The van der Waals surface area contributed by atoms with Crippen LogP contribution < -0.4 is 4.90 Å². The Morgan fingerprint density at radius 3 is 2.53 bits per heavy atom. The van der Waals surface area contributed by atoms with Crippen molar-refractivity contribution < 1.29 is 5.11 Å². The lowest BCUT2D eigenvalue weighted by atomic mass is 10.1. The fourth-order valence-electron chi connectivity index (χ4n) is 1.91. The third-order valence-corrected chi connectivity index (χ3v) is 2.45. The van der Waals surface area contributed by atoms with Gasteiger partial charge in [-0.2, -0.15) is 5.26 Å². The summed E-state index contributed by atoms with van der Waals surface area (Å²) in [6.45, 7) is 7.68. The number of rotatable bonds is 3. The molecule has 0 saturated carbocycles. The van der Waals surface area contributed by atoms with Crippen molar-refractivity contribution >= 4 is 5.69 Å². The van der Waals surface area contributed by atoms with E-state index in [-0.39, 0.29) is 0 Å². The van der Waals surface area contributed by atoms with Crippen LogP contribution in [0.1, 0.15) is 30.8 Å². The molecular weight excluding hydrogens is 214 g/mol. The molecule has 92 valence electrons. The molecule has 1 aromatic rings. The molecule has 1 aromatic heterocycles. The molecule has 0 atom stereocenters. The minimum Gasteiger partial charge on any atom is -0.389 e. The van der Waals surface area contributed by atoms with Crippen molar-refractivity contribution in [2.45, 2.75) is 33.3 Å². The Labute approximate surface area is 103 Å². The van der Waals surface area contributed by atoms with Crippen molar-refractivity contribution in [1.29, 1.82) is 5.26 Å². The summed E-state index contributed by atoms with van der Waals surface area (Å²) < 4.78 is 0. The van der Waals surface area contributed by atoms with Gasteiger partial charge in [0.2, 0.25) is 0 Å². The van der Waals surface area contributed by atoms with Crippen LogP contribution in [0.3, 0.4) is 0 Å². The molecule has 0 fully saturated rings. The van der Waals surface area contributed by atoms with Crippen LogP contribution in [-0.2, 0) is 0 Å². The van der Waals surface area contributed by atoms with E-state index in [0.29, 0.717) is 12.1 Å². The van der Waals surface area contributed by atoms with Crippen molar-refractivity contribution in [3.8, 4) is 6.07 Å². The zero-order valence-corrected chi connectivity index (χ0v) is 11.1. The van der Waals surface area contributed by atoms with Crippen molar-refractivity contribution in [2.75, 3.05) is 18.5 Å². The molecule has 0 aliphatic heterocycles. The second-order valence-corrected chi connectivity index (χ2v) is 5.02. The van der Waals surface area contributed by atoms with E-state index in [9.17, 15) is 5.11 Å². The summed E-state index contributed by atoms with van der Waals surface area (Å²) >= 11 is 0. The first kappa shape index (κ1) is 13.5. The number of nitrogens with zero attached hydrogens (tertiary/aromatic N) is 3. The Hall–Kier alpha value is -1.60. The van der Waals surface area contributed by atoms with Gasteiger partial charge in [-0.1, -0.05) is 0 Å². The third-order valence-electron chi connectivity index (χ3n) is 2.45. The minimum atomic E-state index is -0.799. The molecule has 1 heterocycles. The molecule has 17 heavy (non-hydrogen) atoms. The van der Waals surface area contributed by atoms with E-state index < -0.39 is 5.60 Å². The summed E-state index contributed by atoms with van der Waals surface area (Å²) in [4.78, 5) is 6.16. The molecule has 1 N–H and O–H groups in total. The standard InChI is InChI=1S/C13H19N3O/c1-9-6-12(11(7-14)10(2)15-9)16(5)8-13(3,4)17/h6,17H,8H2,1-5H3. The highest BCUT2D eigenvalue weighted by atomic mass is 16.3. The monoisotopic (exact) mass is 233 g/mol. The maximum absolute atomic E-state index is 9.81. The smallest absolute Gasteiger partial charge is 0.103 e. The number of aliphatic hydroxyl groups is 1. The van der Waals surface area contributed by atoms with Gasteiger partial charge in [0.15, 0.2) is 0 Å². The zero-order valence-electron chi connectivity index (χ0n) is 11.1. The van der Waals surface area contributed by atoms with Gasteiger partial charge in [-0.25, -0.2) is 0 Å². The Balaban J connectivity index is 3.17. The van der Waals surface area contributed by atoms with E-state index >= 15 is 0 Å². The summed E-state index contributed by atoms with van der Waals surface area (Å²) in [5.74, 6) is 0. The number of nitriles is 1. The van der Waals surface area contributed by atoms with Crippen LogP contribution >= 0.6 is 0 Å². The number of anilines is 1. The van der Waals surface area contributed by atoms with E-state index in [2.05, 4.69) is 11.1 Å². The van der Waals surface area contributed by atoms with Gasteiger partial charge < -0.3 is 10.0 Å². The molecule has 4 heteroatoms. The quantitative estimate of drug-likeness (QED) is 0.864. The SMILES string of the molecule is Cc1cc(N(C)CC(C)(C)O)c(C#N)c(C)n1. The van der Waals surface area contributed by atoms with Crippen LogP contribution in [0.4, 0.5) is 5.69 Å². The lowest BCUT2D eigenvalue weighted by Crippen LogP contribution is -2.36. The maximum atomic E-state index is 9.81. The van der Waals surface area contributed by atoms with E-state index in [1.165, 1.54) is 0 Å². The highest BCUT2D eigenvalue weighted by Gasteiger charge is 2.19. The second-order valence-electron chi connectivity index (χ2n) is 5.02. The zero-order chi connectivity index (χ0) is 13.2. The molecule has 0 unspecified atom stereocenters. The number of likely N-dealkylation sites (N-methyl/N-ethyl adjacent to an activating group) is 1. The second kappa shape index (κ2) is 4.72. The number of aromatic nitrogens is 1. The van der Waals surface area contributed by atoms with Gasteiger partial charge >= 0.3 is 0 Å². The molecule has 0 radical (unpaired) electrons. The van der Waals surface area contributed by atoms with E-state index in [1.807, 2.05) is 31.9 Å². The number of aryl methyl sites for hydroxylation is 2. The average Bonchev–Trinajstić information content (AvgIpc) is 2.13. The first-order valence-electron chi connectivity index (χ1n) is 5.56. The van der Waals surface area contributed by atoms with Crippen LogP contribution in [0.5, 0.6) is 0 Å². The number of hydrogen-bond donors (Lipinski definition) is 1. The largest absolute Gasteiger partial charge is 0.389 e. The Morgan fingerprint density at radius 1 is 1.47 bits per heavy atom. The fourth-order valence-corrected chi connectivity index (χ4v) is 1.91. The minimum absolute atomic E-state index is 0.463. The number of pyridine rings is 1. The van der Waals surface area contributed by atoms with Crippen LogP contribution in [0.25, 0.3) is 0 Å². The van der Waals surface area contributed by atoms with Crippen molar-refractivity contribution in [1.82, 2.24) is 4.98 Å². The van der Waals surface area contributed by atoms with E-state index in [1.54, 1.807) is 13.8 Å². The van der Waals surface area contributed by atoms with Crippen LogP contribution in [-0.4, -0.2) is 29.3 Å². The molecule has 0 aromatic carbocycles. The summed E-state index contributed by atoms with van der Waals surface area (Å²) in [5, 5.41) is 19.0. The number of hydrogen-bond acceptors (Lipinski definition) is 4. The molecule has 0 amide bonds. The van der Waals surface area contributed by atoms with Gasteiger partial charge in [0.05, 0.1) is 22.5 Å². The van der Waals surface area contributed by atoms with E-state index in [4.69, 9.17) is 5.26 Å². The Kier molecular flexibility index (Phi) is 3.74. The van der Waals surface area contributed by atoms with Crippen LogP contribution in [0.2, 0.25) is 0 Å². The van der Waals surface area contributed by atoms with E-state index in [0.717, 1.165) is 17.1 Å². The average molecular weight is 233 g/mol. The van der Waals surface area contributed by atoms with Crippen molar-refractivity contribution in [3.63, 3.8) is 0 Å². The molecule has 0 bridgehead atoms.